The second-order valence-corrected chi connectivity index (χ2v) is 7.05. The van der Waals surface area contributed by atoms with Gasteiger partial charge in [0.1, 0.15) is 0 Å². The van der Waals surface area contributed by atoms with Crippen molar-refractivity contribution in [1.82, 2.24) is 0 Å². The first-order valence-electron chi connectivity index (χ1n) is 5.97. The van der Waals surface area contributed by atoms with Gasteiger partial charge in [-0.1, -0.05) is 24.3 Å². The first-order chi connectivity index (χ1) is 9.37. The van der Waals surface area contributed by atoms with Crippen LogP contribution in [0.4, 0.5) is 11.4 Å². The Kier molecular flexibility index (Phi) is 4.35. The largest absolute Gasteiger partial charge is 0.399 e. The zero-order valence-corrected chi connectivity index (χ0v) is 13.3. The summed E-state index contributed by atoms with van der Waals surface area (Å²) < 4.78 is 27.6. The summed E-state index contributed by atoms with van der Waals surface area (Å²) in [6.45, 7) is 1.90. The fourth-order valence-electron chi connectivity index (χ4n) is 1.76. The molecule has 0 heterocycles. The zero-order chi connectivity index (χ0) is 14.8. The van der Waals surface area contributed by atoms with Gasteiger partial charge in [-0.05, 0) is 52.2 Å². The molecule has 0 amide bonds. The van der Waals surface area contributed by atoms with E-state index >= 15 is 0 Å². The highest BCUT2D eigenvalue weighted by Crippen LogP contribution is 2.27. The standard InChI is InChI=1S/C14H15BrN2O2S/c1-10-3-2-4-13(14(10)15)17-20(18,19)9-11-5-7-12(16)8-6-11/h2-8,17H,9,16H2,1H3. The molecule has 0 fully saturated rings. The van der Waals surface area contributed by atoms with Crippen LogP contribution in [0.3, 0.4) is 0 Å². The van der Waals surface area contributed by atoms with Crippen molar-refractivity contribution in [2.45, 2.75) is 12.7 Å². The first-order valence-corrected chi connectivity index (χ1v) is 8.42. The van der Waals surface area contributed by atoms with Crippen LogP contribution in [-0.4, -0.2) is 8.42 Å². The van der Waals surface area contributed by atoms with Crippen molar-refractivity contribution < 1.29 is 8.42 Å². The molecule has 106 valence electrons. The number of halogens is 1. The molecule has 2 aromatic carbocycles. The molecule has 0 atom stereocenters. The molecule has 0 radical (unpaired) electrons. The van der Waals surface area contributed by atoms with E-state index in [9.17, 15) is 8.42 Å². The van der Waals surface area contributed by atoms with Gasteiger partial charge in [-0.25, -0.2) is 8.42 Å². The first kappa shape index (κ1) is 14.9. The van der Waals surface area contributed by atoms with E-state index < -0.39 is 10.0 Å². The maximum Gasteiger partial charge on any atom is 0.236 e. The molecular weight excluding hydrogens is 340 g/mol. The number of aryl methyl sites for hydroxylation is 1. The van der Waals surface area contributed by atoms with Crippen LogP contribution < -0.4 is 10.5 Å². The highest BCUT2D eigenvalue weighted by Gasteiger charge is 2.14. The quantitative estimate of drug-likeness (QED) is 0.827. The van der Waals surface area contributed by atoms with Crippen molar-refractivity contribution in [2.75, 3.05) is 10.5 Å². The molecule has 4 nitrogen and oxygen atoms in total. The summed E-state index contributed by atoms with van der Waals surface area (Å²) in [5.74, 6) is -0.0896. The third kappa shape index (κ3) is 3.74. The molecule has 0 aliphatic carbocycles. The number of benzene rings is 2. The fourth-order valence-corrected chi connectivity index (χ4v) is 3.47. The van der Waals surface area contributed by atoms with E-state index in [1.165, 1.54) is 0 Å². The van der Waals surface area contributed by atoms with Gasteiger partial charge in [-0.15, -0.1) is 0 Å². The Balaban J connectivity index is 2.19. The maximum absolute atomic E-state index is 12.2. The molecule has 0 bridgehead atoms. The van der Waals surface area contributed by atoms with Crippen LogP contribution in [-0.2, 0) is 15.8 Å². The average molecular weight is 355 g/mol. The van der Waals surface area contributed by atoms with Crippen LogP contribution >= 0.6 is 15.9 Å². The average Bonchev–Trinajstić information content (AvgIpc) is 2.37. The summed E-state index contributed by atoms with van der Waals surface area (Å²) >= 11 is 3.38. The topological polar surface area (TPSA) is 72.2 Å². The molecule has 0 saturated carbocycles. The molecule has 0 aliphatic rings. The number of nitrogens with one attached hydrogen (secondary N) is 1. The molecule has 3 N–H and O–H groups in total. The molecular formula is C14H15BrN2O2S. The molecule has 0 aliphatic heterocycles. The number of hydrogen-bond acceptors (Lipinski definition) is 3. The maximum atomic E-state index is 12.2. The van der Waals surface area contributed by atoms with E-state index in [2.05, 4.69) is 20.7 Å². The molecule has 0 aromatic heterocycles. The number of hydrogen-bond donors (Lipinski definition) is 2. The van der Waals surface area contributed by atoms with Crippen LogP contribution in [0.25, 0.3) is 0 Å². The fraction of sp³-hybridized carbons (Fsp3) is 0.143. The van der Waals surface area contributed by atoms with Crippen LogP contribution in [0.2, 0.25) is 0 Å². The zero-order valence-electron chi connectivity index (χ0n) is 10.9. The second kappa shape index (κ2) is 5.85. The lowest BCUT2D eigenvalue weighted by atomic mass is 10.2. The van der Waals surface area contributed by atoms with Gasteiger partial charge in [0.15, 0.2) is 0 Å². The Morgan fingerprint density at radius 2 is 1.80 bits per heavy atom. The van der Waals surface area contributed by atoms with E-state index in [-0.39, 0.29) is 5.75 Å². The van der Waals surface area contributed by atoms with Gasteiger partial charge in [0.05, 0.1) is 11.4 Å². The van der Waals surface area contributed by atoms with Crippen molar-refractivity contribution in [3.8, 4) is 0 Å². The molecule has 2 aromatic rings. The normalized spacial score (nSPS) is 11.3. The van der Waals surface area contributed by atoms with Crippen molar-refractivity contribution in [2.24, 2.45) is 0 Å². The molecule has 0 spiro atoms. The third-order valence-corrected chi connectivity index (χ3v) is 5.09. The SMILES string of the molecule is Cc1cccc(NS(=O)(=O)Cc2ccc(N)cc2)c1Br. The Bertz CT molecular complexity index is 712. The predicted octanol–water partition coefficient (Wildman–Crippen LogP) is 3.28. The lowest BCUT2D eigenvalue weighted by molar-refractivity contribution is 0.600. The summed E-state index contributed by atoms with van der Waals surface area (Å²) in [7, 11) is -3.46. The smallest absolute Gasteiger partial charge is 0.236 e. The number of nitrogens with two attached hydrogens (primary N) is 1. The van der Waals surface area contributed by atoms with E-state index in [0.717, 1.165) is 10.0 Å². The van der Waals surface area contributed by atoms with Gasteiger partial charge in [-0.2, -0.15) is 0 Å². The number of anilines is 2. The summed E-state index contributed by atoms with van der Waals surface area (Å²) in [6, 6.07) is 12.2. The predicted molar refractivity (Wildman–Crippen MR) is 86.0 cm³/mol. The van der Waals surface area contributed by atoms with Crippen molar-refractivity contribution in [1.29, 1.82) is 0 Å². The van der Waals surface area contributed by atoms with E-state index in [1.54, 1.807) is 36.4 Å². The van der Waals surface area contributed by atoms with Gasteiger partial charge in [0.25, 0.3) is 0 Å². The number of rotatable bonds is 4. The highest BCUT2D eigenvalue weighted by atomic mass is 79.9. The van der Waals surface area contributed by atoms with Gasteiger partial charge < -0.3 is 5.73 Å². The minimum Gasteiger partial charge on any atom is -0.399 e. The highest BCUT2D eigenvalue weighted by molar-refractivity contribution is 9.10. The van der Waals surface area contributed by atoms with E-state index in [1.807, 2.05) is 13.0 Å². The van der Waals surface area contributed by atoms with E-state index in [4.69, 9.17) is 5.73 Å². The molecule has 0 unspecified atom stereocenters. The molecule has 6 heteroatoms. The minimum atomic E-state index is -3.46. The van der Waals surface area contributed by atoms with Crippen molar-refractivity contribution in [3.05, 3.63) is 58.1 Å². The Labute approximate surface area is 127 Å². The van der Waals surface area contributed by atoms with Gasteiger partial charge >= 0.3 is 0 Å². The lowest BCUT2D eigenvalue weighted by Gasteiger charge is -2.11. The Morgan fingerprint density at radius 3 is 2.45 bits per heavy atom. The second-order valence-electron chi connectivity index (χ2n) is 4.54. The summed E-state index contributed by atoms with van der Waals surface area (Å²) in [6.07, 6.45) is 0. The van der Waals surface area contributed by atoms with E-state index in [0.29, 0.717) is 16.9 Å². The number of sulfonamides is 1. The van der Waals surface area contributed by atoms with Gasteiger partial charge in [0, 0.05) is 10.2 Å². The van der Waals surface area contributed by atoms with Crippen LogP contribution in [0, 0.1) is 6.92 Å². The Morgan fingerprint density at radius 1 is 1.15 bits per heavy atom. The van der Waals surface area contributed by atoms with Crippen molar-refractivity contribution in [3.63, 3.8) is 0 Å². The lowest BCUT2D eigenvalue weighted by Crippen LogP contribution is -2.15. The molecule has 2 rings (SSSR count). The summed E-state index contributed by atoms with van der Waals surface area (Å²) in [5.41, 5.74) is 8.39. The third-order valence-electron chi connectivity index (χ3n) is 2.79. The number of nitrogen functional groups attached to an aromatic ring is 1. The summed E-state index contributed by atoms with van der Waals surface area (Å²) in [5, 5.41) is 0. The molecule has 20 heavy (non-hydrogen) atoms. The Hall–Kier alpha value is -1.53. The van der Waals surface area contributed by atoms with Crippen LogP contribution in [0.15, 0.2) is 46.9 Å². The monoisotopic (exact) mass is 354 g/mol. The van der Waals surface area contributed by atoms with Gasteiger partial charge in [-0.3, -0.25) is 4.72 Å². The van der Waals surface area contributed by atoms with Gasteiger partial charge in [0.2, 0.25) is 10.0 Å². The summed E-state index contributed by atoms with van der Waals surface area (Å²) in [4.78, 5) is 0. The molecule has 0 saturated heterocycles. The van der Waals surface area contributed by atoms with Crippen LogP contribution in [0.5, 0.6) is 0 Å². The van der Waals surface area contributed by atoms with Crippen molar-refractivity contribution >= 4 is 37.3 Å². The minimum absolute atomic E-state index is 0.0896. The van der Waals surface area contributed by atoms with Crippen LogP contribution in [0.1, 0.15) is 11.1 Å².